The molecule has 1 aromatic heterocycles. The summed E-state index contributed by atoms with van der Waals surface area (Å²) in [6.07, 6.45) is 1.44. The molecule has 0 spiro atoms. The maximum Gasteiger partial charge on any atom is 0.292 e. The fourth-order valence-corrected chi connectivity index (χ4v) is 1.85. The fourth-order valence-electron chi connectivity index (χ4n) is 1.68. The van der Waals surface area contributed by atoms with Crippen LogP contribution in [-0.4, -0.2) is 16.0 Å². The molecule has 0 aliphatic rings. The van der Waals surface area contributed by atoms with Crippen molar-refractivity contribution in [1.82, 2.24) is 10.7 Å². The van der Waals surface area contributed by atoms with Gasteiger partial charge >= 0.3 is 0 Å². The first-order valence-electron chi connectivity index (χ1n) is 5.20. The molecule has 1 aromatic carbocycles. The summed E-state index contributed by atoms with van der Waals surface area (Å²) in [5.74, 6) is -1.31. The Morgan fingerprint density at radius 3 is 2.72 bits per heavy atom. The molecule has 0 atom stereocenters. The maximum absolute atomic E-state index is 10.9. The van der Waals surface area contributed by atoms with E-state index in [9.17, 15) is 9.90 Å². The van der Waals surface area contributed by atoms with Gasteiger partial charge in [0.15, 0.2) is 5.69 Å². The Labute approximate surface area is 109 Å². The molecule has 2 aromatic rings. The molecule has 91 valence electrons. The van der Waals surface area contributed by atoms with Gasteiger partial charge in [0.2, 0.25) is 0 Å². The van der Waals surface area contributed by atoms with Crippen molar-refractivity contribution in [2.45, 2.75) is 6.92 Å². The third kappa shape index (κ3) is 2.28. The smallest absolute Gasteiger partial charge is 0.292 e. The van der Waals surface area contributed by atoms with Gasteiger partial charge < -0.3 is 5.11 Å². The molecule has 0 saturated heterocycles. The fraction of sp³-hybridized carbons (Fsp3) is 0.0769. The summed E-state index contributed by atoms with van der Waals surface area (Å²) >= 11 is 5.92. The summed E-state index contributed by atoms with van der Waals surface area (Å²) in [5, 5.41) is 10.2. The number of nitrogens with one attached hydrogen (secondary N) is 1. The Kier molecular flexibility index (Phi) is 3.21. The number of carbonyl (C=O) groups excluding carboxylic acids is 1. The third-order valence-electron chi connectivity index (χ3n) is 2.59. The first-order chi connectivity index (χ1) is 8.49. The monoisotopic (exact) mass is 261 g/mol. The molecule has 1 radical (unpaired) electrons. The topological polar surface area (TPSA) is 74.0 Å². The summed E-state index contributed by atoms with van der Waals surface area (Å²) < 4.78 is 0. The lowest BCUT2D eigenvalue weighted by Gasteiger charge is -2.07. The van der Waals surface area contributed by atoms with Crippen molar-refractivity contribution in [3.8, 4) is 16.9 Å². The third-order valence-corrected chi connectivity index (χ3v) is 2.83. The number of pyridine rings is 1. The van der Waals surface area contributed by atoms with Crippen molar-refractivity contribution >= 4 is 17.5 Å². The van der Waals surface area contributed by atoms with Crippen LogP contribution in [0.5, 0.6) is 5.75 Å². The van der Waals surface area contributed by atoms with Crippen LogP contribution in [0, 0.1) is 6.92 Å². The van der Waals surface area contributed by atoms with E-state index in [1.165, 1.54) is 12.3 Å². The van der Waals surface area contributed by atoms with Crippen molar-refractivity contribution in [3.63, 3.8) is 0 Å². The number of nitrogens with zero attached hydrogens (tertiary/aromatic N) is 1. The van der Waals surface area contributed by atoms with Gasteiger partial charge in [-0.2, -0.15) is 0 Å². The number of hydrogen-bond acceptors (Lipinski definition) is 3. The minimum absolute atomic E-state index is 0.251. The van der Waals surface area contributed by atoms with Gasteiger partial charge in [0.05, 0.1) is 0 Å². The summed E-state index contributed by atoms with van der Waals surface area (Å²) in [6, 6.07) is 6.80. The standard InChI is InChI=1S/C13H10ClN2O2/c1-7-2-3-9(14)5-10(7)8-4-11(17)12(13(15)18)16-6-8/h2-6,15,17H,1H3. The van der Waals surface area contributed by atoms with E-state index in [-0.39, 0.29) is 11.4 Å². The van der Waals surface area contributed by atoms with Crippen LogP contribution in [0.1, 0.15) is 16.1 Å². The van der Waals surface area contributed by atoms with E-state index >= 15 is 0 Å². The van der Waals surface area contributed by atoms with E-state index in [2.05, 4.69) is 4.98 Å². The van der Waals surface area contributed by atoms with E-state index < -0.39 is 5.91 Å². The minimum Gasteiger partial charge on any atom is -0.505 e. The zero-order valence-corrected chi connectivity index (χ0v) is 10.3. The van der Waals surface area contributed by atoms with Crippen molar-refractivity contribution in [3.05, 3.63) is 46.7 Å². The predicted octanol–water partition coefficient (Wildman–Crippen LogP) is 2.84. The predicted molar refractivity (Wildman–Crippen MR) is 68.5 cm³/mol. The van der Waals surface area contributed by atoms with Crippen LogP contribution in [0.15, 0.2) is 30.5 Å². The second-order valence-electron chi connectivity index (χ2n) is 3.88. The quantitative estimate of drug-likeness (QED) is 0.903. The van der Waals surface area contributed by atoms with E-state index in [0.29, 0.717) is 10.6 Å². The number of amides is 1. The Balaban J connectivity index is 2.55. The highest BCUT2D eigenvalue weighted by molar-refractivity contribution is 6.30. The van der Waals surface area contributed by atoms with Crippen LogP contribution < -0.4 is 5.73 Å². The lowest BCUT2D eigenvalue weighted by atomic mass is 10.0. The number of benzene rings is 1. The molecule has 1 heterocycles. The Bertz CT molecular complexity index is 626. The lowest BCUT2D eigenvalue weighted by molar-refractivity contribution is 0.0984. The second kappa shape index (κ2) is 4.66. The average molecular weight is 262 g/mol. The SMILES string of the molecule is Cc1ccc(Cl)cc1-c1cnc(C([NH])=O)c(O)c1. The number of halogens is 1. The summed E-state index contributed by atoms with van der Waals surface area (Å²) in [6.45, 7) is 1.91. The van der Waals surface area contributed by atoms with E-state index in [4.69, 9.17) is 17.3 Å². The molecule has 2 N–H and O–H groups in total. The molecule has 0 aliphatic heterocycles. The molecule has 0 bridgehead atoms. The largest absolute Gasteiger partial charge is 0.505 e. The molecule has 4 nitrogen and oxygen atoms in total. The molecule has 2 rings (SSSR count). The van der Waals surface area contributed by atoms with Crippen LogP contribution >= 0.6 is 11.6 Å². The number of aromatic nitrogens is 1. The highest BCUT2D eigenvalue weighted by Gasteiger charge is 2.12. The molecule has 0 aliphatic carbocycles. The zero-order chi connectivity index (χ0) is 13.3. The van der Waals surface area contributed by atoms with Gasteiger partial charge in [-0.3, -0.25) is 10.5 Å². The summed E-state index contributed by atoms with van der Waals surface area (Å²) in [7, 11) is 0. The van der Waals surface area contributed by atoms with Gasteiger partial charge in [0.1, 0.15) is 5.75 Å². The highest BCUT2D eigenvalue weighted by atomic mass is 35.5. The van der Waals surface area contributed by atoms with Gasteiger partial charge in [-0.05, 0) is 36.2 Å². The van der Waals surface area contributed by atoms with Gasteiger partial charge in [0.25, 0.3) is 5.91 Å². The molecule has 5 heteroatoms. The van der Waals surface area contributed by atoms with Crippen LogP contribution in [-0.2, 0) is 0 Å². The van der Waals surface area contributed by atoms with Gasteiger partial charge in [-0.25, -0.2) is 4.98 Å². The van der Waals surface area contributed by atoms with Gasteiger partial charge in [-0.1, -0.05) is 17.7 Å². The number of carbonyl (C=O) groups is 1. The molecule has 18 heavy (non-hydrogen) atoms. The molecular weight excluding hydrogens is 252 g/mol. The number of hydrogen-bond donors (Lipinski definition) is 1. The Morgan fingerprint density at radius 2 is 2.11 bits per heavy atom. The average Bonchev–Trinajstić information content (AvgIpc) is 2.31. The van der Waals surface area contributed by atoms with E-state index in [0.717, 1.165) is 11.1 Å². The number of rotatable bonds is 2. The van der Waals surface area contributed by atoms with Gasteiger partial charge in [-0.15, -0.1) is 0 Å². The first-order valence-corrected chi connectivity index (χ1v) is 5.58. The van der Waals surface area contributed by atoms with E-state index in [1.54, 1.807) is 12.1 Å². The van der Waals surface area contributed by atoms with Crippen LogP contribution in [0.3, 0.4) is 0 Å². The van der Waals surface area contributed by atoms with Crippen molar-refractivity contribution in [1.29, 1.82) is 0 Å². The second-order valence-corrected chi connectivity index (χ2v) is 4.32. The molecule has 0 fully saturated rings. The minimum atomic E-state index is -1.01. The van der Waals surface area contributed by atoms with Crippen molar-refractivity contribution in [2.24, 2.45) is 0 Å². The molecule has 0 saturated carbocycles. The molecular formula is C13H10ClN2O2. The van der Waals surface area contributed by atoms with Crippen LogP contribution in [0.4, 0.5) is 0 Å². The summed E-state index contributed by atoms with van der Waals surface area (Å²) in [4.78, 5) is 14.7. The van der Waals surface area contributed by atoms with E-state index in [1.807, 2.05) is 13.0 Å². The zero-order valence-electron chi connectivity index (χ0n) is 9.57. The Morgan fingerprint density at radius 1 is 1.39 bits per heavy atom. The number of aromatic hydroxyl groups is 1. The van der Waals surface area contributed by atoms with Crippen LogP contribution in [0.25, 0.3) is 11.1 Å². The maximum atomic E-state index is 10.9. The summed E-state index contributed by atoms with van der Waals surface area (Å²) in [5.41, 5.74) is 9.13. The highest BCUT2D eigenvalue weighted by Crippen LogP contribution is 2.29. The van der Waals surface area contributed by atoms with Crippen molar-refractivity contribution in [2.75, 3.05) is 0 Å². The molecule has 0 unspecified atom stereocenters. The number of aryl methyl sites for hydroxylation is 1. The molecule has 1 amide bonds. The normalized spacial score (nSPS) is 10.3. The first kappa shape index (κ1) is 12.4. The van der Waals surface area contributed by atoms with Crippen LogP contribution in [0.2, 0.25) is 5.02 Å². The lowest BCUT2D eigenvalue weighted by Crippen LogP contribution is -2.02. The van der Waals surface area contributed by atoms with Crippen molar-refractivity contribution < 1.29 is 9.90 Å². The van der Waals surface area contributed by atoms with Gasteiger partial charge in [0, 0.05) is 16.8 Å². The Hall–Kier alpha value is -2.07.